The van der Waals surface area contributed by atoms with Gasteiger partial charge in [0.2, 0.25) is 5.91 Å². The van der Waals surface area contributed by atoms with E-state index in [1.165, 1.54) is 17.5 Å². The van der Waals surface area contributed by atoms with Crippen LogP contribution in [0.1, 0.15) is 47.3 Å². The fraction of sp³-hybridized carbons (Fsp3) is 0.500. The summed E-state index contributed by atoms with van der Waals surface area (Å²) in [4.78, 5) is 34.4. The number of fused-ring (bicyclic) bond motifs is 1. The van der Waals surface area contributed by atoms with Gasteiger partial charge in [-0.2, -0.15) is 0 Å². The van der Waals surface area contributed by atoms with Gasteiger partial charge < -0.3 is 21.5 Å². The van der Waals surface area contributed by atoms with Gasteiger partial charge in [-0.05, 0) is 43.2 Å². The monoisotopic (exact) mass is 452 g/mol. The van der Waals surface area contributed by atoms with Crippen LogP contribution in [0.4, 0.5) is 5.82 Å². The summed E-state index contributed by atoms with van der Waals surface area (Å²) in [6.45, 7) is 2.35. The van der Waals surface area contributed by atoms with E-state index < -0.39 is 6.10 Å². The first-order valence-electron chi connectivity index (χ1n) is 11.6. The average molecular weight is 453 g/mol. The molecular weight excluding hydrogens is 420 g/mol. The second-order valence-electron chi connectivity index (χ2n) is 9.00. The first kappa shape index (κ1) is 23.1. The van der Waals surface area contributed by atoms with Crippen LogP contribution in [0.2, 0.25) is 0 Å². The molecule has 1 aromatic carbocycles. The van der Waals surface area contributed by atoms with E-state index in [4.69, 9.17) is 5.73 Å². The Bertz CT molecular complexity index is 976. The Morgan fingerprint density at radius 2 is 1.91 bits per heavy atom. The smallest absolute Gasteiger partial charge is 0.270 e. The number of aliphatic hydroxyl groups is 1. The van der Waals surface area contributed by atoms with Crippen molar-refractivity contribution in [3.8, 4) is 0 Å². The van der Waals surface area contributed by atoms with Crippen molar-refractivity contribution in [2.45, 2.75) is 50.8 Å². The molecule has 5 N–H and O–H groups in total. The van der Waals surface area contributed by atoms with Gasteiger partial charge >= 0.3 is 0 Å². The van der Waals surface area contributed by atoms with Crippen LogP contribution in [-0.4, -0.2) is 63.6 Å². The topological polar surface area (TPSA) is 133 Å². The molecule has 2 heterocycles. The van der Waals surface area contributed by atoms with Crippen LogP contribution in [0.15, 0.2) is 36.7 Å². The third kappa shape index (κ3) is 6.27. The lowest BCUT2D eigenvalue weighted by Crippen LogP contribution is -2.42. The minimum Gasteiger partial charge on any atom is -0.390 e. The highest BCUT2D eigenvalue weighted by Crippen LogP contribution is 2.26. The van der Waals surface area contributed by atoms with Gasteiger partial charge in [-0.15, -0.1) is 0 Å². The SMILES string of the molecule is NC(=O)[C@H]1CC[C@@H](Nc2cc(C(=O)NCC(O)CN3CCc4ccccc4C3)ncn2)CC1. The number of nitrogens with two attached hydrogens (primary N) is 1. The summed E-state index contributed by atoms with van der Waals surface area (Å²) in [6, 6.07) is 10.2. The third-order valence-corrected chi connectivity index (χ3v) is 6.56. The Balaban J connectivity index is 1.23. The average Bonchev–Trinajstić information content (AvgIpc) is 2.83. The maximum Gasteiger partial charge on any atom is 0.270 e. The summed E-state index contributed by atoms with van der Waals surface area (Å²) in [5.41, 5.74) is 8.30. The number of carbonyl (C=O) groups excluding carboxylic acids is 2. The molecule has 0 bridgehead atoms. The molecule has 176 valence electrons. The van der Waals surface area contributed by atoms with Crippen LogP contribution in [0.5, 0.6) is 0 Å². The maximum absolute atomic E-state index is 12.6. The zero-order valence-electron chi connectivity index (χ0n) is 18.7. The largest absolute Gasteiger partial charge is 0.390 e. The first-order valence-corrected chi connectivity index (χ1v) is 11.6. The first-order chi connectivity index (χ1) is 16.0. The Labute approximate surface area is 193 Å². The van der Waals surface area contributed by atoms with Gasteiger partial charge in [0, 0.05) is 44.2 Å². The summed E-state index contributed by atoms with van der Waals surface area (Å²) in [7, 11) is 0. The molecule has 2 aromatic rings. The lowest BCUT2D eigenvalue weighted by molar-refractivity contribution is -0.122. The number of rotatable bonds is 8. The predicted molar refractivity (Wildman–Crippen MR) is 124 cm³/mol. The molecule has 4 rings (SSSR count). The van der Waals surface area contributed by atoms with Gasteiger partial charge in [0.25, 0.3) is 5.91 Å². The van der Waals surface area contributed by atoms with Crippen molar-refractivity contribution < 1.29 is 14.7 Å². The summed E-state index contributed by atoms with van der Waals surface area (Å²) in [5, 5.41) is 16.5. The van der Waals surface area contributed by atoms with Crippen molar-refractivity contribution in [2.75, 3.05) is 25.0 Å². The van der Waals surface area contributed by atoms with Crippen molar-refractivity contribution >= 4 is 17.6 Å². The Kier molecular flexibility index (Phi) is 7.51. The number of anilines is 1. The number of hydrogen-bond donors (Lipinski definition) is 4. The van der Waals surface area contributed by atoms with E-state index in [-0.39, 0.29) is 36.0 Å². The number of nitrogens with one attached hydrogen (secondary N) is 2. The van der Waals surface area contributed by atoms with E-state index in [0.29, 0.717) is 12.4 Å². The van der Waals surface area contributed by atoms with Gasteiger partial charge in [-0.1, -0.05) is 24.3 Å². The van der Waals surface area contributed by atoms with Crippen LogP contribution in [-0.2, 0) is 17.8 Å². The minimum absolute atomic E-state index is 0.0547. The van der Waals surface area contributed by atoms with E-state index in [9.17, 15) is 14.7 Å². The number of nitrogens with zero attached hydrogens (tertiary/aromatic N) is 3. The molecule has 1 saturated carbocycles. The lowest BCUT2D eigenvalue weighted by atomic mass is 9.85. The second-order valence-corrected chi connectivity index (χ2v) is 9.00. The quantitative estimate of drug-likeness (QED) is 0.471. The molecule has 2 aliphatic rings. The number of benzene rings is 1. The highest BCUT2D eigenvalue weighted by Gasteiger charge is 2.25. The number of primary amides is 1. The molecule has 1 aromatic heterocycles. The summed E-state index contributed by atoms with van der Waals surface area (Å²) in [6.07, 6.45) is 4.82. The molecule has 33 heavy (non-hydrogen) atoms. The molecule has 0 radical (unpaired) electrons. The number of amides is 2. The van der Waals surface area contributed by atoms with E-state index >= 15 is 0 Å². The summed E-state index contributed by atoms with van der Waals surface area (Å²) < 4.78 is 0. The highest BCUT2D eigenvalue weighted by atomic mass is 16.3. The van der Waals surface area contributed by atoms with Crippen molar-refractivity contribution in [2.24, 2.45) is 11.7 Å². The highest BCUT2D eigenvalue weighted by molar-refractivity contribution is 5.92. The van der Waals surface area contributed by atoms with Crippen LogP contribution in [0.3, 0.4) is 0 Å². The van der Waals surface area contributed by atoms with Crippen molar-refractivity contribution in [3.63, 3.8) is 0 Å². The van der Waals surface area contributed by atoms with Gasteiger partial charge in [0.15, 0.2) is 0 Å². The fourth-order valence-electron chi connectivity index (χ4n) is 4.67. The van der Waals surface area contributed by atoms with Gasteiger partial charge in [0.05, 0.1) is 6.10 Å². The number of hydrogen-bond acceptors (Lipinski definition) is 7. The third-order valence-electron chi connectivity index (χ3n) is 6.56. The number of aromatic nitrogens is 2. The number of carbonyl (C=O) groups is 2. The lowest BCUT2D eigenvalue weighted by Gasteiger charge is -2.30. The van der Waals surface area contributed by atoms with Crippen LogP contribution in [0.25, 0.3) is 0 Å². The van der Waals surface area contributed by atoms with Gasteiger partial charge in [-0.25, -0.2) is 9.97 Å². The standard InChI is InChI=1S/C24H32N6O3/c25-23(32)17-5-7-19(8-6-17)29-22-11-21(27-15-28-22)24(33)26-12-20(31)14-30-10-9-16-3-1-2-4-18(16)13-30/h1-4,11,15,17,19-20,31H,5-10,12-14H2,(H2,25,32)(H,26,33)(H,27,28,29)/t17-,19+,20?. The van der Waals surface area contributed by atoms with Gasteiger partial charge in [-0.3, -0.25) is 14.5 Å². The molecular formula is C24H32N6O3. The second kappa shape index (κ2) is 10.7. The van der Waals surface area contributed by atoms with Crippen molar-refractivity contribution in [1.82, 2.24) is 20.2 Å². The molecule has 1 aliphatic carbocycles. The summed E-state index contributed by atoms with van der Waals surface area (Å²) >= 11 is 0. The molecule has 0 spiro atoms. The predicted octanol–water partition coefficient (Wildman–Crippen LogP) is 1.08. The Morgan fingerprint density at radius 1 is 1.15 bits per heavy atom. The Hall–Kier alpha value is -3.04. The van der Waals surface area contributed by atoms with E-state index in [0.717, 1.165) is 45.2 Å². The van der Waals surface area contributed by atoms with Crippen LogP contribution < -0.4 is 16.4 Å². The van der Waals surface area contributed by atoms with Crippen molar-refractivity contribution in [3.05, 3.63) is 53.5 Å². The maximum atomic E-state index is 12.6. The van der Waals surface area contributed by atoms with Crippen LogP contribution in [0, 0.1) is 5.92 Å². The molecule has 0 saturated heterocycles. The zero-order chi connectivity index (χ0) is 23.2. The fourth-order valence-corrected chi connectivity index (χ4v) is 4.67. The Morgan fingerprint density at radius 3 is 2.67 bits per heavy atom. The number of β-amino-alcohol motifs (C(OH)–C–C–N with tert-alkyl or cyclic N) is 1. The van der Waals surface area contributed by atoms with E-state index in [2.05, 4.69) is 43.7 Å². The zero-order valence-corrected chi connectivity index (χ0v) is 18.7. The summed E-state index contributed by atoms with van der Waals surface area (Å²) in [5.74, 6) is -0.0613. The van der Waals surface area contributed by atoms with E-state index in [1.807, 2.05) is 6.07 Å². The molecule has 1 atom stereocenters. The normalized spacial score (nSPS) is 21.6. The van der Waals surface area contributed by atoms with E-state index in [1.54, 1.807) is 6.07 Å². The number of aliphatic hydroxyl groups excluding tert-OH is 1. The molecule has 9 nitrogen and oxygen atoms in total. The minimum atomic E-state index is -0.668. The van der Waals surface area contributed by atoms with Crippen molar-refractivity contribution in [1.29, 1.82) is 0 Å². The molecule has 1 aliphatic heterocycles. The molecule has 1 unspecified atom stereocenters. The van der Waals surface area contributed by atoms with Gasteiger partial charge in [0.1, 0.15) is 17.8 Å². The molecule has 2 amide bonds. The van der Waals surface area contributed by atoms with Crippen LogP contribution >= 0.6 is 0 Å². The molecule has 1 fully saturated rings. The molecule has 9 heteroatoms.